The molecule has 0 aliphatic carbocycles. The molecule has 10 heteroatoms. The van der Waals surface area contributed by atoms with Gasteiger partial charge in [0.15, 0.2) is 11.5 Å². The summed E-state index contributed by atoms with van der Waals surface area (Å²) in [5.41, 5.74) is 4.60. The van der Waals surface area contributed by atoms with E-state index >= 15 is 0 Å². The van der Waals surface area contributed by atoms with E-state index < -0.39 is 15.9 Å². The molecule has 39 heavy (non-hydrogen) atoms. The second kappa shape index (κ2) is 12.0. The summed E-state index contributed by atoms with van der Waals surface area (Å²) in [6.45, 7) is 1.83. The highest BCUT2D eigenvalue weighted by atomic mass is 35.5. The first-order valence-electron chi connectivity index (χ1n) is 11.8. The van der Waals surface area contributed by atoms with Gasteiger partial charge < -0.3 is 9.84 Å². The molecule has 0 bridgehead atoms. The summed E-state index contributed by atoms with van der Waals surface area (Å²) in [4.78, 5) is 13.3. The maximum atomic E-state index is 13.9. The summed E-state index contributed by atoms with van der Waals surface area (Å²) in [6.07, 6.45) is 1.27. The van der Waals surface area contributed by atoms with Crippen molar-refractivity contribution < 1.29 is 23.1 Å². The molecule has 0 unspecified atom stereocenters. The Morgan fingerprint density at radius 2 is 1.69 bits per heavy atom. The summed E-state index contributed by atoms with van der Waals surface area (Å²) in [5.74, 6) is -0.504. The van der Waals surface area contributed by atoms with Crippen molar-refractivity contribution in [3.8, 4) is 11.5 Å². The van der Waals surface area contributed by atoms with Crippen LogP contribution in [0.1, 0.15) is 27.0 Å². The van der Waals surface area contributed by atoms with E-state index in [1.807, 2.05) is 6.92 Å². The summed E-state index contributed by atoms with van der Waals surface area (Å²) in [5, 5.41) is 14.7. The molecule has 4 rings (SSSR count). The number of ether oxygens (including phenoxy) is 1. The molecule has 0 fully saturated rings. The third kappa shape index (κ3) is 6.39. The van der Waals surface area contributed by atoms with Crippen molar-refractivity contribution in [2.24, 2.45) is 5.10 Å². The number of hydrogen-bond donors (Lipinski definition) is 2. The number of methoxy groups -OCH3 is 1. The highest BCUT2D eigenvalue weighted by Crippen LogP contribution is 2.30. The monoisotopic (exact) mass is 563 g/mol. The van der Waals surface area contributed by atoms with Crippen LogP contribution >= 0.6 is 11.6 Å². The Morgan fingerprint density at radius 1 is 1.00 bits per heavy atom. The summed E-state index contributed by atoms with van der Waals surface area (Å²) in [7, 11) is -2.65. The van der Waals surface area contributed by atoms with Gasteiger partial charge >= 0.3 is 0 Å². The molecule has 4 aromatic rings. The molecule has 0 spiro atoms. The molecule has 0 aliphatic heterocycles. The SMILES string of the molecule is COc1cccc(/C=N\NC(=O)c2ccccc2N(Cc2ccc(Cl)cc2)S(=O)(=O)c2ccc(C)cc2)c1O. The first kappa shape index (κ1) is 27.7. The van der Waals surface area contributed by atoms with Crippen LogP contribution in [-0.4, -0.2) is 32.8 Å². The Labute approximate surface area is 232 Å². The number of aromatic hydroxyl groups is 1. The number of benzene rings is 4. The molecule has 8 nitrogen and oxygen atoms in total. The molecule has 0 heterocycles. The van der Waals surface area contributed by atoms with Gasteiger partial charge in [-0.1, -0.05) is 59.6 Å². The molecular weight excluding hydrogens is 538 g/mol. The molecular formula is C29H26ClN3O5S. The summed E-state index contributed by atoms with van der Waals surface area (Å²) >= 11 is 6.03. The predicted molar refractivity (Wildman–Crippen MR) is 152 cm³/mol. The molecule has 1 amide bonds. The van der Waals surface area contributed by atoms with Gasteiger partial charge in [-0.3, -0.25) is 9.10 Å². The highest BCUT2D eigenvalue weighted by Gasteiger charge is 2.28. The smallest absolute Gasteiger partial charge is 0.273 e. The second-order valence-electron chi connectivity index (χ2n) is 8.57. The molecule has 200 valence electrons. The molecule has 4 aromatic carbocycles. The van der Waals surface area contributed by atoms with E-state index in [9.17, 15) is 18.3 Å². The number of hydrogen-bond acceptors (Lipinski definition) is 6. The number of nitrogens with one attached hydrogen (secondary N) is 1. The average Bonchev–Trinajstić information content (AvgIpc) is 2.93. The maximum absolute atomic E-state index is 13.9. The number of hydrazone groups is 1. The van der Waals surface area contributed by atoms with E-state index in [1.54, 1.807) is 72.8 Å². The van der Waals surface area contributed by atoms with Crippen LogP contribution < -0.4 is 14.5 Å². The van der Waals surface area contributed by atoms with Crippen LogP contribution in [-0.2, 0) is 16.6 Å². The maximum Gasteiger partial charge on any atom is 0.273 e. The van der Waals surface area contributed by atoms with E-state index in [0.29, 0.717) is 16.1 Å². The molecule has 0 saturated carbocycles. The number of para-hydroxylation sites is 2. The Hall–Kier alpha value is -4.34. The zero-order valence-electron chi connectivity index (χ0n) is 21.2. The minimum Gasteiger partial charge on any atom is -0.504 e. The molecule has 0 radical (unpaired) electrons. The third-order valence-corrected chi connectivity index (χ3v) is 7.91. The van der Waals surface area contributed by atoms with Gasteiger partial charge in [0.25, 0.3) is 15.9 Å². The Balaban J connectivity index is 1.70. The minimum absolute atomic E-state index is 0.0430. The third-order valence-electron chi connectivity index (χ3n) is 5.89. The van der Waals surface area contributed by atoms with Crippen molar-refractivity contribution in [3.05, 3.63) is 118 Å². The number of rotatable bonds is 9. The lowest BCUT2D eigenvalue weighted by Gasteiger charge is -2.26. The van der Waals surface area contributed by atoms with Crippen molar-refractivity contribution >= 4 is 39.4 Å². The Morgan fingerprint density at radius 3 is 2.38 bits per heavy atom. The van der Waals surface area contributed by atoms with Crippen LogP contribution in [0, 0.1) is 6.92 Å². The van der Waals surface area contributed by atoms with E-state index in [2.05, 4.69) is 10.5 Å². The van der Waals surface area contributed by atoms with Crippen LogP contribution in [0.15, 0.2) is 101 Å². The van der Waals surface area contributed by atoms with Crippen molar-refractivity contribution in [3.63, 3.8) is 0 Å². The fourth-order valence-corrected chi connectivity index (χ4v) is 5.40. The summed E-state index contributed by atoms with van der Waals surface area (Å²) in [6, 6.07) is 24.5. The largest absolute Gasteiger partial charge is 0.504 e. The first-order valence-corrected chi connectivity index (χ1v) is 13.6. The lowest BCUT2D eigenvalue weighted by Crippen LogP contribution is -2.33. The molecule has 0 atom stereocenters. The lowest BCUT2D eigenvalue weighted by molar-refractivity contribution is 0.0955. The van der Waals surface area contributed by atoms with Crippen molar-refractivity contribution in [2.45, 2.75) is 18.4 Å². The Kier molecular flexibility index (Phi) is 8.53. The van der Waals surface area contributed by atoms with Crippen LogP contribution in [0.3, 0.4) is 0 Å². The van der Waals surface area contributed by atoms with Gasteiger partial charge in [-0.15, -0.1) is 0 Å². The topological polar surface area (TPSA) is 108 Å². The molecule has 0 aliphatic rings. The average molecular weight is 564 g/mol. The summed E-state index contributed by atoms with van der Waals surface area (Å²) < 4.78 is 34.0. The van der Waals surface area contributed by atoms with Gasteiger partial charge in [-0.05, 0) is 61.0 Å². The van der Waals surface area contributed by atoms with Crippen LogP contribution in [0.5, 0.6) is 11.5 Å². The Bertz CT molecular complexity index is 1610. The number of phenols is 1. The standard InChI is InChI=1S/C29H26ClN3O5S/c1-20-10-16-24(17-11-20)39(36,37)33(19-21-12-14-23(30)15-13-21)26-8-4-3-7-25(26)29(35)32-31-18-22-6-5-9-27(38-2)28(22)34/h3-18,34H,19H2,1-2H3,(H,32,35)/b31-18-. The fraction of sp³-hybridized carbons (Fsp3) is 0.103. The molecule has 0 aromatic heterocycles. The van der Waals surface area contributed by atoms with E-state index in [4.69, 9.17) is 16.3 Å². The fourth-order valence-electron chi connectivity index (χ4n) is 3.80. The van der Waals surface area contributed by atoms with Gasteiger partial charge in [0.05, 0.1) is 36.0 Å². The number of sulfonamides is 1. The van der Waals surface area contributed by atoms with Crippen LogP contribution in [0.2, 0.25) is 5.02 Å². The van der Waals surface area contributed by atoms with Crippen molar-refractivity contribution in [1.29, 1.82) is 0 Å². The van der Waals surface area contributed by atoms with Gasteiger partial charge in [-0.2, -0.15) is 5.10 Å². The number of nitrogens with zero attached hydrogens (tertiary/aromatic N) is 2. The molecule has 0 saturated heterocycles. The number of amides is 1. The molecule has 2 N–H and O–H groups in total. The number of carbonyl (C=O) groups is 1. The zero-order chi connectivity index (χ0) is 28.0. The predicted octanol–water partition coefficient (Wildman–Crippen LogP) is 5.52. The number of phenolic OH excluding ortho intramolecular Hbond substituents is 1. The normalized spacial score (nSPS) is 11.4. The number of aryl methyl sites for hydroxylation is 1. The minimum atomic E-state index is -4.08. The van der Waals surface area contributed by atoms with Gasteiger partial charge in [-0.25, -0.2) is 13.8 Å². The van der Waals surface area contributed by atoms with Gasteiger partial charge in [0.1, 0.15) is 0 Å². The van der Waals surface area contributed by atoms with Crippen LogP contribution in [0.4, 0.5) is 5.69 Å². The lowest BCUT2D eigenvalue weighted by atomic mass is 10.1. The highest BCUT2D eigenvalue weighted by molar-refractivity contribution is 7.92. The van der Waals surface area contributed by atoms with Crippen molar-refractivity contribution in [2.75, 3.05) is 11.4 Å². The first-order chi connectivity index (χ1) is 18.7. The van der Waals surface area contributed by atoms with E-state index in [0.717, 1.165) is 5.56 Å². The number of halogens is 1. The van der Waals surface area contributed by atoms with Gasteiger partial charge in [0, 0.05) is 10.6 Å². The quantitative estimate of drug-likeness (QED) is 0.206. The van der Waals surface area contributed by atoms with E-state index in [1.165, 1.54) is 35.8 Å². The number of carbonyl (C=O) groups excluding carboxylic acids is 1. The zero-order valence-corrected chi connectivity index (χ0v) is 22.8. The van der Waals surface area contributed by atoms with Crippen LogP contribution in [0.25, 0.3) is 0 Å². The second-order valence-corrected chi connectivity index (χ2v) is 10.9. The van der Waals surface area contributed by atoms with E-state index in [-0.39, 0.29) is 34.2 Å². The number of anilines is 1. The van der Waals surface area contributed by atoms with Crippen molar-refractivity contribution in [1.82, 2.24) is 5.43 Å². The van der Waals surface area contributed by atoms with Gasteiger partial charge in [0.2, 0.25) is 0 Å².